The Bertz CT molecular complexity index is 879. The van der Waals surface area contributed by atoms with Crippen molar-refractivity contribution in [1.82, 2.24) is 10.3 Å². The minimum absolute atomic E-state index is 0.0223. The zero-order valence-corrected chi connectivity index (χ0v) is 17.5. The number of ether oxygens (including phenoxy) is 2. The van der Waals surface area contributed by atoms with E-state index in [2.05, 4.69) is 10.3 Å². The molecule has 2 atom stereocenters. The van der Waals surface area contributed by atoms with Gasteiger partial charge < -0.3 is 30.0 Å². The molecule has 0 radical (unpaired) electrons. The number of amides is 1. The number of hydrogen-bond acceptors (Lipinski definition) is 9. The van der Waals surface area contributed by atoms with Gasteiger partial charge in [0.1, 0.15) is 18.1 Å². The van der Waals surface area contributed by atoms with Crippen LogP contribution in [-0.2, 0) is 25.5 Å². The molecule has 0 spiro atoms. The Hall–Kier alpha value is -3.40. The number of phenols is 1. The number of hydrogen-bond donors (Lipinski definition) is 3. The van der Waals surface area contributed by atoms with Gasteiger partial charge in [-0.3, -0.25) is 9.59 Å². The standard InChI is InChI=1S/C21H27N3O7/c1-3-29-18(26)10-9-16(21(28)30-4-2)23-19(27)17-12-31-20(24-17)15(22)11-13-5-7-14(25)8-6-13/h5-8,12,15-16,25H,3-4,9-11,22H2,1-2H3,(H,23,27). The minimum Gasteiger partial charge on any atom is -0.508 e. The van der Waals surface area contributed by atoms with Gasteiger partial charge in [-0.25, -0.2) is 9.78 Å². The van der Waals surface area contributed by atoms with Crippen LogP contribution in [0.25, 0.3) is 0 Å². The molecule has 4 N–H and O–H groups in total. The Balaban J connectivity index is 2.01. The van der Waals surface area contributed by atoms with Gasteiger partial charge in [-0.2, -0.15) is 0 Å². The predicted octanol–water partition coefficient (Wildman–Crippen LogP) is 1.63. The predicted molar refractivity (Wildman–Crippen MR) is 109 cm³/mol. The first kappa shape index (κ1) is 23.9. The summed E-state index contributed by atoms with van der Waals surface area (Å²) in [7, 11) is 0. The topological polar surface area (TPSA) is 154 Å². The van der Waals surface area contributed by atoms with Gasteiger partial charge in [0.05, 0.1) is 19.3 Å². The quantitative estimate of drug-likeness (QED) is 0.448. The highest BCUT2D eigenvalue weighted by Crippen LogP contribution is 2.18. The first-order valence-corrected chi connectivity index (χ1v) is 9.96. The lowest BCUT2D eigenvalue weighted by molar-refractivity contribution is -0.146. The van der Waals surface area contributed by atoms with E-state index in [0.717, 1.165) is 11.8 Å². The van der Waals surface area contributed by atoms with Gasteiger partial charge in [0, 0.05) is 6.42 Å². The molecule has 10 heteroatoms. The third-order valence-corrected chi connectivity index (χ3v) is 4.28. The molecule has 0 fully saturated rings. The summed E-state index contributed by atoms with van der Waals surface area (Å²) in [4.78, 5) is 40.4. The first-order valence-electron chi connectivity index (χ1n) is 9.96. The fourth-order valence-electron chi connectivity index (χ4n) is 2.75. The molecular formula is C21H27N3O7. The molecule has 0 aliphatic heterocycles. The molecule has 2 rings (SSSR count). The van der Waals surface area contributed by atoms with Crippen molar-refractivity contribution in [2.24, 2.45) is 5.73 Å². The van der Waals surface area contributed by atoms with Crippen molar-refractivity contribution in [2.45, 2.75) is 45.2 Å². The van der Waals surface area contributed by atoms with Gasteiger partial charge >= 0.3 is 11.9 Å². The highest BCUT2D eigenvalue weighted by Gasteiger charge is 2.26. The Kier molecular flexibility index (Phi) is 9.01. The van der Waals surface area contributed by atoms with Crippen molar-refractivity contribution < 1.29 is 33.4 Å². The van der Waals surface area contributed by atoms with Crippen molar-refractivity contribution >= 4 is 17.8 Å². The number of nitrogens with one attached hydrogen (secondary N) is 1. The number of carbonyl (C=O) groups excluding carboxylic acids is 3. The lowest BCUT2D eigenvalue weighted by atomic mass is 10.1. The molecule has 1 aromatic heterocycles. The molecule has 2 unspecified atom stereocenters. The van der Waals surface area contributed by atoms with E-state index in [1.165, 1.54) is 0 Å². The molecule has 1 aromatic carbocycles. The summed E-state index contributed by atoms with van der Waals surface area (Å²) in [6.07, 6.45) is 1.50. The van der Waals surface area contributed by atoms with Crippen LogP contribution in [0.1, 0.15) is 54.7 Å². The summed E-state index contributed by atoms with van der Waals surface area (Å²) >= 11 is 0. The number of nitrogens with two attached hydrogens (primary N) is 1. The molecule has 0 aliphatic carbocycles. The van der Waals surface area contributed by atoms with Crippen LogP contribution >= 0.6 is 0 Å². The largest absolute Gasteiger partial charge is 0.508 e. The molecule has 31 heavy (non-hydrogen) atoms. The highest BCUT2D eigenvalue weighted by molar-refractivity contribution is 5.95. The van der Waals surface area contributed by atoms with Crippen LogP contribution in [0, 0.1) is 0 Å². The van der Waals surface area contributed by atoms with E-state index in [1.54, 1.807) is 38.1 Å². The van der Waals surface area contributed by atoms with Gasteiger partial charge in [-0.1, -0.05) is 12.1 Å². The second-order valence-corrected chi connectivity index (χ2v) is 6.67. The number of aromatic hydroxyl groups is 1. The van der Waals surface area contributed by atoms with E-state index < -0.39 is 29.9 Å². The van der Waals surface area contributed by atoms with Crippen molar-refractivity contribution in [1.29, 1.82) is 0 Å². The molecule has 0 saturated heterocycles. The number of benzene rings is 1. The summed E-state index contributed by atoms with van der Waals surface area (Å²) in [6.45, 7) is 3.67. The molecule has 10 nitrogen and oxygen atoms in total. The highest BCUT2D eigenvalue weighted by atomic mass is 16.5. The van der Waals surface area contributed by atoms with Crippen LogP contribution in [0.4, 0.5) is 0 Å². The van der Waals surface area contributed by atoms with Crippen LogP contribution in [-0.4, -0.2) is 47.2 Å². The van der Waals surface area contributed by atoms with Gasteiger partial charge in [0.2, 0.25) is 5.89 Å². The van der Waals surface area contributed by atoms with Gasteiger partial charge in [0.25, 0.3) is 5.91 Å². The molecule has 168 valence electrons. The Morgan fingerprint density at radius 2 is 1.84 bits per heavy atom. The SMILES string of the molecule is CCOC(=O)CCC(NC(=O)c1coc(C(N)Cc2ccc(O)cc2)n1)C(=O)OCC. The van der Waals surface area contributed by atoms with Crippen LogP contribution in [0.3, 0.4) is 0 Å². The molecule has 0 bridgehead atoms. The van der Waals surface area contributed by atoms with Crippen molar-refractivity contribution in [2.75, 3.05) is 13.2 Å². The summed E-state index contributed by atoms with van der Waals surface area (Å²) in [5, 5.41) is 11.9. The molecule has 0 saturated carbocycles. The van der Waals surface area contributed by atoms with Crippen molar-refractivity contribution in [3.8, 4) is 5.75 Å². The Morgan fingerprint density at radius 3 is 2.48 bits per heavy atom. The number of aromatic nitrogens is 1. The van der Waals surface area contributed by atoms with Gasteiger partial charge in [-0.15, -0.1) is 0 Å². The minimum atomic E-state index is -1.04. The Labute approximate surface area is 179 Å². The summed E-state index contributed by atoms with van der Waals surface area (Å²) in [5.41, 5.74) is 6.90. The monoisotopic (exact) mass is 433 g/mol. The average Bonchev–Trinajstić information content (AvgIpc) is 3.23. The lowest BCUT2D eigenvalue weighted by Gasteiger charge is -2.16. The van der Waals surface area contributed by atoms with E-state index >= 15 is 0 Å². The van der Waals surface area contributed by atoms with E-state index in [4.69, 9.17) is 19.6 Å². The zero-order chi connectivity index (χ0) is 22.8. The van der Waals surface area contributed by atoms with Crippen LogP contribution < -0.4 is 11.1 Å². The lowest BCUT2D eigenvalue weighted by Crippen LogP contribution is -2.42. The number of nitrogens with zero attached hydrogens (tertiary/aromatic N) is 1. The smallest absolute Gasteiger partial charge is 0.328 e. The summed E-state index contributed by atoms with van der Waals surface area (Å²) in [5.74, 6) is -1.50. The van der Waals surface area contributed by atoms with Crippen LogP contribution in [0.2, 0.25) is 0 Å². The van der Waals surface area contributed by atoms with Crippen molar-refractivity contribution in [3.63, 3.8) is 0 Å². The number of esters is 2. The van der Waals surface area contributed by atoms with Crippen LogP contribution in [0.15, 0.2) is 34.9 Å². The van der Waals surface area contributed by atoms with E-state index in [1.807, 2.05) is 0 Å². The normalized spacial score (nSPS) is 12.6. The molecule has 1 amide bonds. The average molecular weight is 433 g/mol. The maximum Gasteiger partial charge on any atom is 0.328 e. The summed E-state index contributed by atoms with van der Waals surface area (Å²) < 4.78 is 15.1. The van der Waals surface area contributed by atoms with Crippen molar-refractivity contribution in [3.05, 3.63) is 47.7 Å². The maximum atomic E-state index is 12.5. The summed E-state index contributed by atoms with van der Waals surface area (Å²) in [6, 6.07) is 4.88. The number of phenolic OH excluding ortho intramolecular Hbond substituents is 1. The molecule has 0 aliphatic rings. The molecule has 2 aromatic rings. The second-order valence-electron chi connectivity index (χ2n) is 6.67. The van der Waals surface area contributed by atoms with E-state index in [-0.39, 0.29) is 43.4 Å². The fraction of sp³-hybridized carbons (Fsp3) is 0.429. The molecule has 1 heterocycles. The van der Waals surface area contributed by atoms with E-state index in [0.29, 0.717) is 6.42 Å². The molecular weight excluding hydrogens is 406 g/mol. The van der Waals surface area contributed by atoms with Gasteiger partial charge in [0.15, 0.2) is 5.69 Å². The first-order chi connectivity index (χ1) is 14.8. The third kappa shape index (κ3) is 7.41. The second kappa shape index (κ2) is 11.7. The Morgan fingerprint density at radius 1 is 1.16 bits per heavy atom. The third-order valence-electron chi connectivity index (χ3n) is 4.28. The number of carbonyl (C=O) groups is 3. The zero-order valence-electron chi connectivity index (χ0n) is 17.5. The number of rotatable bonds is 11. The maximum absolute atomic E-state index is 12.5. The van der Waals surface area contributed by atoms with Gasteiger partial charge in [-0.05, 0) is 44.4 Å². The van der Waals surface area contributed by atoms with Crippen LogP contribution in [0.5, 0.6) is 5.75 Å². The number of oxazole rings is 1. The van der Waals surface area contributed by atoms with E-state index in [9.17, 15) is 19.5 Å². The fourth-order valence-corrected chi connectivity index (χ4v) is 2.75.